The summed E-state index contributed by atoms with van der Waals surface area (Å²) in [5.41, 5.74) is 5.96. The zero-order valence-electron chi connectivity index (χ0n) is 6.87. The highest BCUT2D eigenvalue weighted by Crippen LogP contribution is 2.65. The number of nitrogens with one attached hydrogen (secondary N) is 1. The molecule has 1 aromatic rings. The predicted molar refractivity (Wildman–Crippen MR) is 46.8 cm³/mol. The summed E-state index contributed by atoms with van der Waals surface area (Å²) in [5, 5.41) is 3.68. The van der Waals surface area contributed by atoms with Crippen LogP contribution in [0.5, 0.6) is 0 Å². The average molecular weight is 204 g/mol. The van der Waals surface area contributed by atoms with Crippen LogP contribution in [0.1, 0.15) is 25.1 Å². The first-order chi connectivity index (χ1) is 5.62. The summed E-state index contributed by atoms with van der Waals surface area (Å²) in [7, 11) is 0. The van der Waals surface area contributed by atoms with E-state index in [2.05, 4.69) is 14.7 Å². The maximum Gasteiger partial charge on any atom is 0.438 e. The molecule has 0 spiro atoms. The molecule has 3 aliphatic rings. The lowest BCUT2D eigenvalue weighted by Crippen LogP contribution is -2.74. The molecule has 0 atom stereocenters. The fourth-order valence-electron chi connectivity index (χ4n) is 2.58. The molecule has 3 aliphatic carbocycles. The Hall–Kier alpha value is -0.810. The van der Waals surface area contributed by atoms with Crippen LogP contribution in [-0.2, 0) is 5.41 Å². The van der Waals surface area contributed by atoms with Gasteiger partial charge in [-0.1, -0.05) is 5.16 Å². The first-order valence-electron chi connectivity index (χ1n) is 3.97. The highest BCUT2D eigenvalue weighted by molar-refractivity contribution is 5.85. The van der Waals surface area contributed by atoms with Crippen molar-refractivity contribution in [1.82, 2.24) is 10.1 Å². The van der Waals surface area contributed by atoms with Gasteiger partial charge in [0.15, 0.2) is 5.82 Å². The van der Waals surface area contributed by atoms with Crippen LogP contribution in [0.25, 0.3) is 0 Å². The van der Waals surface area contributed by atoms with Crippen LogP contribution < -0.4 is 11.5 Å². The molecule has 1 aromatic heterocycles. The molecule has 5 nitrogen and oxygen atoms in total. The second kappa shape index (κ2) is 2.16. The predicted octanol–water partition coefficient (Wildman–Crippen LogP) is -0.0825. The van der Waals surface area contributed by atoms with Crippen molar-refractivity contribution in [2.75, 3.05) is 0 Å². The summed E-state index contributed by atoms with van der Waals surface area (Å²) < 4.78 is 4.44. The van der Waals surface area contributed by atoms with E-state index in [1.807, 2.05) is 0 Å². The number of aromatic amines is 1. The first-order valence-corrected chi connectivity index (χ1v) is 3.97. The van der Waals surface area contributed by atoms with E-state index in [9.17, 15) is 4.79 Å². The lowest BCUT2D eigenvalue weighted by Gasteiger charge is -2.67. The molecule has 3 fully saturated rings. The third-order valence-corrected chi connectivity index (χ3v) is 3.01. The second-order valence-corrected chi connectivity index (χ2v) is 4.12. The summed E-state index contributed by atoms with van der Waals surface area (Å²) in [4.78, 5) is 13.2. The van der Waals surface area contributed by atoms with Gasteiger partial charge in [0, 0.05) is 11.0 Å². The molecule has 72 valence electrons. The highest BCUT2D eigenvalue weighted by Gasteiger charge is 2.68. The van der Waals surface area contributed by atoms with Crippen LogP contribution in [-0.4, -0.2) is 15.7 Å². The van der Waals surface area contributed by atoms with Gasteiger partial charge < -0.3 is 5.73 Å². The monoisotopic (exact) mass is 203 g/mol. The third kappa shape index (κ3) is 0.912. The van der Waals surface area contributed by atoms with Gasteiger partial charge in [0.25, 0.3) is 0 Å². The minimum atomic E-state index is -0.471. The van der Waals surface area contributed by atoms with Gasteiger partial charge in [-0.15, -0.1) is 12.4 Å². The summed E-state index contributed by atoms with van der Waals surface area (Å²) in [5.74, 6) is 0.209. The number of rotatable bonds is 1. The van der Waals surface area contributed by atoms with E-state index in [-0.39, 0.29) is 23.4 Å². The van der Waals surface area contributed by atoms with E-state index in [0.29, 0.717) is 5.82 Å². The van der Waals surface area contributed by atoms with Crippen LogP contribution in [0.2, 0.25) is 0 Å². The number of H-pyrrole nitrogens is 1. The van der Waals surface area contributed by atoms with Crippen LogP contribution in [0.4, 0.5) is 0 Å². The number of halogens is 1. The quantitative estimate of drug-likeness (QED) is 0.669. The van der Waals surface area contributed by atoms with E-state index >= 15 is 0 Å². The SMILES string of the molecule is Cl.NC12CC(c3noc(=O)[nH]3)(C1)C2. The molecule has 4 rings (SSSR count). The fourth-order valence-corrected chi connectivity index (χ4v) is 2.58. The molecule has 0 aliphatic heterocycles. The van der Waals surface area contributed by atoms with Crippen LogP contribution >= 0.6 is 12.4 Å². The third-order valence-electron chi connectivity index (χ3n) is 3.01. The highest BCUT2D eigenvalue weighted by atomic mass is 35.5. The minimum absolute atomic E-state index is 0. The second-order valence-electron chi connectivity index (χ2n) is 4.12. The lowest BCUT2D eigenvalue weighted by molar-refractivity contribution is -0.0664. The molecule has 3 N–H and O–H groups in total. The van der Waals surface area contributed by atoms with Gasteiger partial charge in [-0.2, -0.15) is 0 Å². The zero-order chi connectivity index (χ0) is 8.40. The zero-order valence-corrected chi connectivity index (χ0v) is 7.69. The van der Waals surface area contributed by atoms with E-state index in [4.69, 9.17) is 5.73 Å². The van der Waals surface area contributed by atoms with Crippen molar-refractivity contribution >= 4 is 12.4 Å². The van der Waals surface area contributed by atoms with Gasteiger partial charge in [-0.25, -0.2) is 4.79 Å². The summed E-state index contributed by atoms with van der Waals surface area (Å²) in [6.07, 6.45) is 2.80. The molecule has 0 unspecified atom stereocenters. The van der Waals surface area contributed by atoms with Crippen molar-refractivity contribution in [3.05, 3.63) is 16.4 Å². The van der Waals surface area contributed by atoms with Gasteiger partial charge in [0.1, 0.15) is 0 Å². The van der Waals surface area contributed by atoms with Crippen molar-refractivity contribution in [3.63, 3.8) is 0 Å². The molecule has 1 heterocycles. The van der Waals surface area contributed by atoms with E-state index in [0.717, 1.165) is 19.3 Å². The molecule has 6 heteroatoms. The molecule has 3 saturated carbocycles. The summed E-state index contributed by atoms with van der Waals surface area (Å²) >= 11 is 0. The Balaban J connectivity index is 0.000000653. The number of aromatic nitrogens is 2. The van der Waals surface area contributed by atoms with Gasteiger partial charge in [0.05, 0.1) is 0 Å². The van der Waals surface area contributed by atoms with Gasteiger partial charge in [-0.05, 0) is 19.3 Å². The van der Waals surface area contributed by atoms with Gasteiger partial charge in [-0.3, -0.25) is 9.51 Å². The van der Waals surface area contributed by atoms with E-state index in [1.54, 1.807) is 0 Å². The maximum atomic E-state index is 10.7. The van der Waals surface area contributed by atoms with Crippen molar-refractivity contribution < 1.29 is 4.52 Å². The molecule has 0 aromatic carbocycles. The number of hydrogen-bond acceptors (Lipinski definition) is 4. The topological polar surface area (TPSA) is 84.9 Å². The van der Waals surface area contributed by atoms with E-state index < -0.39 is 5.76 Å². The standard InChI is InChI=1S/C7H9N3O2.ClH/c8-7-1-6(2-7,3-7)4-9-5(11)12-10-4;/h1-3,8H2,(H,9,10,11);1H. The molecular weight excluding hydrogens is 194 g/mol. The normalized spacial score (nSPS) is 40.1. The minimum Gasteiger partial charge on any atom is -0.325 e. The fraction of sp³-hybridized carbons (Fsp3) is 0.714. The van der Waals surface area contributed by atoms with Crippen LogP contribution in [0, 0.1) is 0 Å². The van der Waals surface area contributed by atoms with Gasteiger partial charge in [0.2, 0.25) is 0 Å². The first kappa shape index (κ1) is 8.77. The van der Waals surface area contributed by atoms with Crippen molar-refractivity contribution in [3.8, 4) is 0 Å². The molecule has 13 heavy (non-hydrogen) atoms. The molecule has 0 amide bonds. The number of nitrogens with two attached hydrogens (primary N) is 1. The Morgan fingerprint density at radius 1 is 1.46 bits per heavy atom. The maximum absolute atomic E-state index is 10.7. The molecule has 0 radical (unpaired) electrons. The summed E-state index contributed by atoms with van der Waals surface area (Å²) in [6, 6.07) is 0. The Morgan fingerprint density at radius 2 is 2.08 bits per heavy atom. The summed E-state index contributed by atoms with van der Waals surface area (Å²) in [6.45, 7) is 0. The van der Waals surface area contributed by atoms with Crippen molar-refractivity contribution in [2.24, 2.45) is 5.73 Å². The van der Waals surface area contributed by atoms with Crippen LogP contribution in [0.3, 0.4) is 0 Å². The lowest BCUT2D eigenvalue weighted by atomic mass is 9.39. The Labute approximate surface area is 80.1 Å². The van der Waals surface area contributed by atoms with E-state index in [1.165, 1.54) is 0 Å². The Bertz CT molecular complexity index is 377. The van der Waals surface area contributed by atoms with Crippen LogP contribution in [0.15, 0.2) is 9.32 Å². The number of nitrogens with zero attached hydrogens (tertiary/aromatic N) is 1. The molecule has 0 saturated heterocycles. The van der Waals surface area contributed by atoms with Crippen molar-refractivity contribution in [2.45, 2.75) is 30.2 Å². The average Bonchev–Trinajstić information content (AvgIpc) is 2.26. The number of hydrogen-bond donors (Lipinski definition) is 2. The Kier molecular flexibility index (Phi) is 1.46. The molecule has 2 bridgehead atoms. The molecular formula is C7H10ClN3O2. The smallest absolute Gasteiger partial charge is 0.325 e. The largest absolute Gasteiger partial charge is 0.438 e. The Morgan fingerprint density at radius 3 is 2.46 bits per heavy atom. The van der Waals surface area contributed by atoms with Gasteiger partial charge >= 0.3 is 5.76 Å². The van der Waals surface area contributed by atoms with Crippen molar-refractivity contribution in [1.29, 1.82) is 0 Å².